The molecule has 1 rings (SSSR count). The van der Waals surface area contributed by atoms with Crippen LogP contribution in [0.1, 0.15) is 135 Å². The van der Waals surface area contributed by atoms with Gasteiger partial charge in [0.1, 0.15) is 6.61 Å². The number of hydrogen-bond acceptors (Lipinski definition) is 5. The van der Waals surface area contributed by atoms with E-state index in [4.69, 9.17) is 14.2 Å². The topological polar surface area (TPSA) is 61.8 Å². The van der Waals surface area contributed by atoms with E-state index in [0.29, 0.717) is 26.1 Å². The van der Waals surface area contributed by atoms with Gasteiger partial charge < -0.3 is 14.2 Å². The van der Waals surface area contributed by atoms with Crippen molar-refractivity contribution in [3.8, 4) is 0 Å². The second kappa shape index (κ2) is 21.7. The van der Waals surface area contributed by atoms with Crippen LogP contribution in [0.25, 0.3) is 0 Å². The first-order valence-electron chi connectivity index (χ1n) is 13.6. The predicted octanol–water partition coefficient (Wildman–Crippen LogP) is 7.29. The summed E-state index contributed by atoms with van der Waals surface area (Å²) in [6.45, 7) is 4.04. The summed E-state index contributed by atoms with van der Waals surface area (Å²) in [6, 6.07) is 0. The number of carbonyl (C=O) groups excluding carboxylic acids is 2. The quantitative estimate of drug-likeness (QED) is 0.127. The van der Waals surface area contributed by atoms with Crippen molar-refractivity contribution in [2.24, 2.45) is 0 Å². The number of carbonyl (C=O) groups is 2. The summed E-state index contributed by atoms with van der Waals surface area (Å²) in [7, 11) is 0. The van der Waals surface area contributed by atoms with E-state index in [-0.39, 0.29) is 18.0 Å². The van der Waals surface area contributed by atoms with Crippen molar-refractivity contribution in [1.82, 2.24) is 0 Å². The molecule has 1 aliphatic heterocycles. The zero-order valence-electron chi connectivity index (χ0n) is 20.9. The minimum atomic E-state index is -0.106. The molecule has 0 saturated carbocycles. The molecule has 32 heavy (non-hydrogen) atoms. The summed E-state index contributed by atoms with van der Waals surface area (Å²) in [6.07, 6.45) is 22.2. The Morgan fingerprint density at radius 2 is 1.19 bits per heavy atom. The Morgan fingerprint density at radius 3 is 1.72 bits per heavy atom. The Hall–Kier alpha value is -1.10. The molecule has 1 aliphatic rings. The molecule has 0 aliphatic carbocycles. The fourth-order valence-corrected chi connectivity index (χ4v) is 4.13. The van der Waals surface area contributed by atoms with Crippen molar-refractivity contribution >= 4 is 11.9 Å². The minimum absolute atomic E-state index is 0.0464. The van der Waals surface area contributed by atoms with E-state index in [1.54, 1.807) is 0 Å². The molecule has 5 nitrogen and oxygen atoms in total. The van der Waals surface area contributed by atoms with Gasteiger partial charge >= 0.3 is 11.9 Å². The molecule has 0 aromatic heterocycles. The molecular weight excluding hydrogens is 404 g/mol. The van der Waals surface area contributed by atoms with Crippen LogP contribution in [0.5, 0.6) is 0 Å². The number of esters is 2. The highest BCUT2D eigenvalue weighted by atomic mass is 16.6. The molecule has 5 heteroatoms. The molecule has 1 fully saturated rings. The molecule has 1 unspecified atom stereocenters. The van der Waals surface area contributed by atoms with Crippen LogP contribution in [-0.4, -0.2) is 37.9 Å². The van der Waals surface area contributed by atoms with Crippen molar-refractivity contribution in [3.05, 3.63) is 0 Å². The van der Waals surface area contributed by atoms with E-state index in [2.05, 4.69) is 6.92 Å². The van der Waals surface area contributed by atoms with E-state index >= 15 is 0 Å². The van der Waals surface area contributed by atoms with Gasteiger partial charge in [-0.2, -0.15) is 0 Å². The maximum absolute atomic E-state index is 11.8. The highest BCUT2D eigenvalue weighted by Gasteiger charge is 2.17. The Bertz CT molecular complexity index is 445. The summed E-state index contributed by atoms with van der Waals surface area (Å²) in [4.78, 5) is 23.5. The van der Waals surface area contributed by atoms with Crippen LogP contribution in [0.3, 0.4) is 0 Å². The molecule has 0 amide bonds. The van der Waals surface area contributed by atoms with Crippen molar-refractivity contribution in [2.75, 3.05) is 19.8 Å². The van der Waals surface area contributed by atoms with E-state index in [1.807, 2.05) is 0 Å². The van der Waals surface area contributed by atoms with Gasteiger partial charge in [-0.25, -0.2) is 0 Å². The highest BCUT2D eigenvalue weighted by molar-refractivity contribution is 5.69. The van der Waals surface area contributed by atoms with Gasteiger partial charge in [-0.05, 0) is 32.1 Å². The highest BCUT2D eigenvalue weighted by Crippen LogP contribution is 2.14. The van der Waals surface area contributed by atoms with Crippen LogP contribution in [0, 0.1) is 0 Å². The molecule has 0 radical (unpaired) electrons. The molecule has 1 atom stereocenters. The molecule has 1 saturated heterocycles. The van der Waals surface area contributed by atoms with Crippen LogP contribution >= 0.6 is 0 Å². The smallest absolute Gasteiger partial charge is 0.305 e. The lowest BCUT2D eigenvalue weighted by Crippen LogP contribution is -2.17. The SMILES string of the molecule is CCCCCCCCCCCCOC(=O)CCCCCCCCC(=O)OCC1CCCO1. The summed E-state index contributed by atoms with van der Waals surface area (Å²) < 4.78 is 16.1. The predicted molar refractivity (Wildman–Crippen MR) is 130 cm³/mol. The lowest BCUT2D eigenvalue weighted by atomic mass is 10.1. The number of unbranched alkanes of at least 4 members (excludes halogenated alkanes) is 14. The zero-order chi connectivity index (χ0) is 23.1. The largest absolute Gasteiger partial charge is 0.466 e. The van der Waals surface area contributed by atoms with E-state index < -0.39 is 0 Å². The van der Waals surface area contributed by atoms with E-state index in [1.165, 1.54) is 57.8 Å². The van der Waals surface area contributed by atoms with Crippen molar-refractivity contribution in [1.29, 1.82) is 0 Å². The van der Waals surface area contributed by atoms with Crippen LogP contribution < -0.4 is 0 Å². The van der Waals surface area contributed by atoms with Gasteiger partial charge in [0.2, 0.25) is 0 Å². The fraction of sp³-hybridized carbons (Fsp3) is 0.926. The summed E-state index contributed by atoms with van der Waals surface area (Å²) in [5.74, 6) is -0.152. The van der Waals surface area contributed by atoms with Crippen molar-refractivity contribution in [2.45, 2.75) is 141 Å². The number of ether oxygens (including phenoxy) is 3. The van der Waals surface area contributed by atoms with Gasteiger partial charge in [-0.3, -0.25) is 9.59 Å². The van der Waals surface area contributed by atoms with Gasteiger partial charge in [0, 0.05) is 19.4 Å². The summed E-state index contributed by atoms with van der Waals surface area (Å²) in [5.41, 5.74) is 0. The molecule has 188 valence electrons. The molecule has 0 spiro atoms. The monoisotopic (exact) mass is 454 g/mol. The first kappa shape index (κ1) is 28.9. The Balaban J connectivity index is 1.75. The lowest BCUT2D eigenvalue weighted by molar-refractivity contribution is -0.147. The van der Waals surface area contributed by atoms with E-state index in [9.17, 15) is 9.59 Å². The van der Waals surface area contributed by atoms with Gasteiger partial charge in [-0.15, -0.1) is 0 Å². The molecule has 1 heterocycles. The van der Waals surface area contributed by atoms with Crippen LogP contribution in [0.2, 0.25) is 0 Å². The van der Waals surface area contributed by atoms with Gasteiger partial charge in [0.05, 0.1) is 12.7 Å². The van der Waals surface area contributed by atoms with Gasteiger partial charge in [0.25, 0.3) is 0 Å². The third-order valence-electron chi connectivity index (χ3n) is 6.23. The zero-order valence-corrected chi connectivity index (χ0v) is 20.9. The first-order chi connectivity index (χ1) is 15.7. The summed E-state index contributed by atoms with van der Waals surface area (Å²) in [5, 5.41) is 0. The van der Waals surface area contributed by atoms with Crippen molar-refractivity contribution < 1.29 is 23.8 Å². The van der Waals surface area contributed by atoms with Crippen LogP contribution in [0.4, 0.5) is 0 Å². The average Bonchev–Trinajstić information content (AvgIpc) is 3.31. The Labute approximate surface area is 197 Å². The Kier molecular flexibility index (Phi) is 19.6. The van der Waals surface area contributed by atoms with Crippen LogP contribution in [0.15, 0.2) is 0 Å². The fourth-order valence-electron chi connectivity index (χ4n) is 4.13. The standard InChI is InChI=1S/C27H50O5/c1-2-3-4-5-6-7-8-11-14-17-22-31-26(28)20-15-12-9-10-13-16-21-27(29)32-24-25-19-18-23-30-25/h25H,2-24H2,1H3. The normalized spacial score (nSPS) is 15.7. The second-order valence-corrected chi connectivity index (χ2v) is 9.34. The maximum Gasteiger partial charge on any atom is 0.305 e. The second-order valence-electron chi connectivity index (χ2n) is 9.34. The lowest BCUT2D eigenvalue weighted by Gasteiger charge is -2.10. The van der Waals surface area contributed by atoms with Crippen LogP contribution in [-0.2, 0) is 23.8 Å². The average molecular weight is 455 g/mol. The molecular formula is C27H50O5. The van der Waals surface area contributed by atoms with E-state index in [0.717, 1.165) is 64.4 Å². The third-order valence-corrected chi connectivity index (χ3v) is 6.23. The molecule has 0 aromatic rings. The van der Waals surface area contributed by atoms with Gasteiger partial charge in [-0.1, -0.05) is 90.4 Å². The summed E-state index contributed by atoms with van der Waals surface area (Å²) >= 11 is 0. The Morgan fingerprint density at radius 1 is 0.688 bits per heavy atom. The number of rotatable bonds is 22. The third kappa shape index (κ3) is 18.5. The maximum atomic E-state index is 11.8. The minimum Gasteiger partial charge on any atom is -0.466 e. The molecule has 0 aromatic carbocycles. The molecule has 0 bridgehead atoms. The van der Waals surface area contributed by atoms with Crippen molar-refractivity contribution in [3.63, 3.8) is 0 Å². The number of hydrogen-bond donors (Lipinski definition) is 0. The first-order valence-corrected chi connectivity index (χ1v) is 13.6. The van der Waals surface area contributed by atoms with Gasteiger partial charge in [0.15, 0.2) is 0 Å². The molecule has 0 N–H and O–H groups in total.